The molecule has 55 heavy (non-hydrogen) atoms. The van der Waals surface area contributed by atoms with E-state index < -0.39 is 0 Å². The fourth-order valence-electron chi connectivity index (χ4n) is 8.82. The number of nitrogens with zero attached hydrogens (tertiary/aromatic N) is 4. The van der Waals surface area contributed by atoms with Crippen LogP contribution in [0, 0.1) is 13.5 Å². The monoisotopic (exact) mass is 705 g/mol. The van der Waals surface area contributed by atoms with Gasteiger partial charge in [0.15, 0.2) is 11.9 Å². The number of rotatable bonds is 4. The molecule has 11 rings (SSSR count). The number of pyridine rings is 1. The van der Waals surface area contributed by atoms with E-state index in [1.54, 1.807) is 0 Å². The lowest BCUT2D eigenvalue weighted by molar-refractivity contribution is -0.659. The molecule has 0 aliphatic rings. The first-order valence-corrected chi connectivity index (χ1v) is 18.5. The van der Waals surface area contributed by atoms with E-state index in [2.05, 4.69) is 154 Å². The van der Waals surface area contributed by atoms with Gasteiger partial charge in [-0.05, 0) is 54.4 Å². The van der Waals surface area contributed by atoms with Crippen molar-refractivity contribution in [3.8, 4) is 33.8 Å². The van der Waals surface area contributed by atoms with Crippen LogP contribution in [0.2, 0.25) is 0 Å². The highest BCUT2D eigenvalue weighted by Crippen LogP contribution is 2.45. The van der Waals surface area contributed by atoms with E-state index in [9.17, 15) is 0 Å². The molecule has 5 heteroatoms. The van der Waals surface area contributed by atoms with Crippen molar-refractivity contribution in [2.75, 3.05) is 0 Å². The number of hydrogen-bond acceptors (Lipinski definition) is 1. The van der Waals surface area contributed by atoms with Gasteiger partial charge in [-0.1, -0.05) is 115 Å². The third kappa shape index (κ3) is 4.49. The molecule has 258 valence electrons. The number of hydrogen-bond donors (Lipinski definition) is 0. The maximum Gasteiger partial charge on any atom is 0.218 e. The Hall–Kier alpha value is -7.42. The van der Waals surface area contributed by atoms with Gasteiger partial charge in [0.05, 0.1) is 39.6 Å². The SMILES string of the molecule is [C-]#[N+]c1ccc2c(oc3c(-c4cc5c(c[n+]4C)c4ccccc4n5-c4ccc5c6ccccc6n(-c6ccccc6)c5c4)c(C)ccc32)c1-c1ccccc1. The molecule has 0 atom stereocenters. The molecule has 0 aliphatic carbocycles. The van der Waals surface area contributed by atoms with Gasteiger partial charge < -0.3 is 13.6 Å². The Morgan fingerprint density at radius 3 is 1.80 bits per heavy atom. The summed E-state index contributed by atoms with van der Waals surface area (Å²) in [6.45, 7) is 10.2. The molecule has 0 radical (unpaired) electrons. The summed E-state index contributed by atoms with van der Waals surface area (Å²) >= 11 is 0. The molecule has 0 N–H and O–H groups in total. The predicted octanol–water partition coefficient (Wildman–Crippen LogP) is 12.8. The summed E-state index contributed by atoms with van der Waals surface area (Å²) in [5.41, 5.74) is 14.0. The van der Waals surface area contributed by atoms with Crippen LogP contribution in [0.4, 0.5) is 5.69 Å². The Labute approximate surface area is 317 Å². The van der Waals surface area contributed by atoms with Gasteiger partial charge in [0, 0.05) is 49.9 Å². The smallest absolute Gasteiger partial charge is 0.218 e. The first kappa shape index (κ1) is 31.1. The Morgan fingerprint density at radius 2 is 1.07 bits per heavy atom. The van der Waals surface area contributed by atoms with Crippen molar-refractivity contribution in [3.05, 3.63) is 181 Å². The number of aromatic nitrogens is 3. The maximum absolute atomic E-state index is 8.00. The third-order valence-electron chi connectivity index (χ3n) is 11.3. The molecule has 0 saturated heterocycles. The van der Waals surface area contributed by atoms with Crippen molar-refractivity contribution >= 4 is 71.2 Å². The van der Waals surface area contributed by atoms with E-state index in [4.69, 9.17) is 11.0 Å². The van der Waals surface area contributed by atoms with E-state index in [0.29, 0.717) is 5.69 Å². The first-order valence-electron chi connectivity index (χ1n) is 18.5. The van der Waals surface area contributed by atoms with E-state index in [0.717, 1.165) is 77.8 Å². The number of para-hydroxylation sites is 3. The van der Waals surface area contributed by atoms with E-state index in [1.807, 2.05) is 42.5 Å². The second-order valence-electron chi connectivity index (χ2n) is 14.4. The molecule has 0 fully saturated rings. The molecule has 7 aromatic carbocycles. The van der Waals surface area contributed by atoms with Gasteiger partial charge in [-0.15, -0.1) is 0 Å². The number of furan rings is 1. The van der Waals surface area contributed by atoms with Crippen molar-refractivity contribution in [1.29, 1.82) is 0 Å². The zero-order chi connectivity index (χ0) is 36.8. The predicted molar refractivity (Wildman–Crippen MR) is 225 cm³/mol. The molecular formula is C50H33N4O+. The van der Waals surface area contributed by atoms with Crippen molar-refractivity contribution in [1.82, 2.24) is 9.13 Å². The largest absolute Gasteiger partial charge is 0.456 e. The summed E-state index contributed by atoms with van der Waals surface area (Å²) in [5.74, 6) is 0. The Morgan fingerprint density at radius 1 is 0.509 bits per heavy atom. The van der Waals surface area contributed by atoms with E-state index >= 15 is 0 Å². The lowest BCUT2D eigenvalue weighted by Gasteiger charge is -2.12. The molecule has 5 nitrogen and oxygen atoms in total. The summed E-state index contributed by atoms with van der Waals surface area (Å²) in [6, 6.07) is 55.6. The van der Waals surface area contributed by atoms with Gasteiger partial charge >= 0.3 is 0 Å². The fraction of sp³-hybridized carbons (Fsp3) is 0.0400. The normalized spacial score (nSPS) is 11.8. The maximum atomic E-state index is 8.00. The average molecular weight is 706 g/mol. The van der Waals surface area contributed by atoms with Gasteiger partial charge in [-0.25, -0.2) is 9.41 Å². The molecule has 0 amide bonds. The first-order chi connectivity index (χ1) is 27.1. The lowest BCUT2D eigenvalue weighted by Crippen LogP contribution is -2.30. The summed E-state index contributed by atoms with van der Waals surface area (Å²) < 4.78 is 14.0. The zero-order valence-electron chi connectivity index (χ0n) is 30.3. The third-order valence-corrected chi connectivity index (χ3v) is 11.3. The summed E-state index contributed by atoms with van der Waals surface area (Å²) in [6.07, 6.45) is 2.26. The average Bonchev–Trinajstić information content (AvgIpc) is 3.88. The van der Waals surface area contributed by atoms with Crippen LogP contribution in [0.25, 0.3) is 104 Å². The molecule has 0 spiro atoms. The molecule has 0 bridgehead atoms. The second kappa shape index (κ2) is 11.8. The molecule has 11 aromatic rings. The molecule has 0 saturated carbocycles. The lowest BCUT2D eigenvalue weighted by atomic mass is 9.98. The molecular weight excluding hydrogens is 673 g/mol. The number of aryl methyl sites for hydroxylation is 2. The highest BCUT2D eigenvalue weighted by atomic mass is 16.3. The quantitative estimate of drug-likeness (QED) is 0.132. The van der Waals surface area contributed by atoms with Crippen LogP contribution in [0.5, 0.6) is 0 Å². The fourth-order valence-corrected chi connectivity index (χ4v) is 8.82. The summed E-state index contributed by atoms with van der Waals surface area (Å²) in [5, 5.41) is 6.86. The van der Waals surface area contributed by atoms with Crippen molar-refractivity contribution < 1.29 is 8.98 Å². The van der Waals surface area contributed by atoms with Gasteiger partial charge in [0.2, 0.25) is 5.69 Å². The Kier molecular flexibility index (Phi) is 6.68. The minimum atomic E-state index is 0.579. The zero-order valence-corrected chi connectivity index (χ0v) is 30.3. The van der Waals surface area contributed by atoms with Gasteiger partial charge in [-0.2, -0.15) is 0 Å². The van der Waals surface area contributed by atoms with Crippen LogP contribution < -0.4 is 4.57 Å². The minimum Gasteiger partial charge on any atom is -0.456 e. The van der Waals surface area contributed by atoms with E-state index in [-0.39, 0.29) is 0 Å². The van der Waals surface area contributed by atoms with Crippen LogP contribution in [0.15, 0.2) is 168 Å². The van der Waals surface area contributed by atoms with Gasteiger partial charge in [0.1, 0.15) is 18.2 Å². The van der Waals surface area contributed by atoms with Crippen LogP contribution in [-0.4, -0.2) is 9.13 Å². The van der Waals surface area contributed by atoms with Crippen molar-refractivity contribution in [3.63, 3.8) is 0 Å². The summed E-state index contributed by atoms with van der Waals surface area (Å²) in [7, 11) is 2.12. The molecule has 0 unspecified atom stereocenters. The highest BCUT2D eigenvalue weighted by molar-refractivity contribution is 6.16. The van der Waals surface area contributed by atoms with Gasteiger partial charge in [0.25, 0.3) is 0 Å². The van der Waals surface area contributed by atoms with Crippen molar-refractivity contribution in [2.24, 2.45) is 7.05 Å². The molecule has 4 heterocycles. The van der Waals surface area contributed by atoms with Gasteiger partial charge in [-0.3, -0.25) is 0 Å². The van der Waals surface area contributed by atoms with Crippen LogP contribution >= 0.6 is 0 Å². The molecule has 4 aromatic heterocycles. The van der Waals surface area contributed by atoms with Crippen LogP contribution in [0.3, 0.4) is 0 Å². The van der Waals surface area contributed by atoms with Crippen LogP contribution in [0.1, 0.15) is 5.56 Å². The highest BCUT2D eigenvalue weighted by Gasteiger charge is 2.26. The minimum absolute atomic E-state index is 0.579. The molecule has 0 aliphatic heterocycles. The second-order valence-corrected chi connectivity index (χ2v) is 14.4. The van der Waals surface area contributed by atoms with Crippen LogP contribution in [-0.2, 0) is 7.05 Å². The Balaban J connectivity index is 1.20. The number of fused-ring (bicyclic) bond motifs is 9. The van der Waals surface area contributed by atoms with Crippen molar-refractivity contribution in [2.45, 2.75) is 6.92 Å². The number of benzene rings is 7. The Bertz CT molecular complexity index is 3400. The summed E-state index contributed by atoms with van der Waals surface area (Å²) in [4.78, 5) is 3.91. The standard InChI is InChI=1S/C50H33N4O/c1-31-22-24-38-39-26-27-41(51-2)48(32-14-6-4-7-15-32)50(39)55-49(38)47(31)46-29-45-40(30-52(46)3)36-19-11-13-21-43(36)54(45)34-23-25-37-35-18-10-12-20-42(35)53(44(37)28-34)33-16-8-5-9-17-33/h4-30H,1,3H3/q+1. The van der Waals surface area contributed by atoms with E-state index in [1.165, 1.54) is 27.1 Å². The topological polar surface area (TPSA) is 31.2 Å².